The van der Waals surface area contributed by atoms with Gasteiger partial charge in [-0.3, -0.25) is 4.79 Å². The van der Waals surface area contributed by atoms with Crippen LogP contribution < -0.4 is 15.4 Å². The summed E-state index contributed by atoms with van der Waals surface area (Å²) in [4.78, 5) is 11.7. The van der Waals surface area contributed by atoms with Crippen LogP contribution in [-0.4, -0.2) is 25.6 Å². The lowest BCUT2D eigenvalue weighted by atomic mass is 10.2. The summed E-state index contributed by atoms with van der Waals surface area (Å²) in [5.41, 5.74) is 0.812. The van der Waals surface area contributed by atoms with Gasteiger partial charge in [-0.25, -0.2) is 0 Å². The Bertz CT molecular complexity index is 445. The highest BCUT2D eigenvalue weighted by atomic mass is 35.5. The highest BCUT2D eigenvalue weighted by Gasteiger charge is 2.16. The highest BCUT2D eigenvalue weighted by molar-refractivity contribution is 6.32. The van der Waals surface area contributed by atoms with Crippen molar-refractivity contribution >= 4 is 23.2 Å². The number of anilines is 1. The monoisotopic (exact) mass is 282 g/mol. The molecule has 0 atom stereocenters. The second-order valence-corrected chi connectivity index (χ2v) is 5.16. The summed E-state index contributed by atoms with van der Waals surface area (Å²) in [5, 5.41) is 6.62. The summed E-state index contributed by atoms with van der Waals surface area (Å²) >= 11 is 6.02. The zero-order valence-corrected chi connectivity index (χ0v) is 11.8. The largest absolute Gasteiger partial charge is 0.495 e. The quantitative estimate of drug-likeness (QED) is 0.873. The first-order valence-corrected chi connectivity index (χ1v) is 6.93. The average molecular weight is 283 g/mol. The maximum atomic E-state index is 11.7. The number of hydrogen-bond acceptors (Lipinski definition) is 3. The van der Waals surface area contributed by atoms with Crippen LogP contribution in [0.4, 0.5) is 5.69 Å². The van der Waals surface area contributed by atoms with Gasteiger partial charge in [0.25, 0.3) is 0 Å². The van der Waals surface area contributed by atoms with Gasteiger partial charge < -0.3 is 15.4 Å². The van der Waals surface area contributed by atoms with E-state index in [0.29, 0.717) is 16.8 Å². The SMILES string of the molecule is COc1ccc(NCC(=O)NC2CCCC2)cc1Cl. The van der Waals surface area contributed by atoms with Gasteiger partial charge in [0.1, 0.15) is 5.75 Å². The molecule has 0 aliphatic heterocycles. The Morgan fingerprint density at radius 2 is 2.16 bits per heavy atom. The standard InChI is InChI=1S/C14H19ClN2O2/c1-19-13-7-6-11(8-12(13)15)16-9-14(18)17-10-4-2-3-5-10/h6-8,10,16H,2-5,9H2,1H3,(H,17,18). The number of methoxy groups -OCH3 is 1. The van der Waals surface area contributed by atoms with Crippen molar-refractivity contribution in [2.45, 2.75) is 31.7 Å². The van der Waals surface area contributed by atoms with Crippen molar-refractivity contribution in [1.29, 1.82) is 0 Å². The van der Waals surface area contributed by atoms with E-state index in [2.05, 4.69) is 10.6 Å². The molecule has 104 valence electrons. The van der Waals surface area contributed by atoms with Crippen molar-refractivity contribution < 1.29 is 9.53 Å². The molecule has 1 fully saturated rings. The molecule has 19 heavy (non-hydrogen) atoms. The molecule has 0 saturated heterocycles. The molecule has 1 aromatic rings. The molecule has 1 aromatic carbocycles. The second kappa shape index (κ2) is 6.66. The van der Waals surface area contributed by atoms with Crippen LogP contribution >= 0.6 is 11.6 Å². The first-order chi connectivity index (χ1) is 9.19. The van der Waals surface area contributed by atoms with E-state index in [0.717, 1.165) is 18.5 Å². The van der Waals surface area contributed by atoms with Crippen LogP contribution in [0.3, 0.4) is 0 Å². The molecular formula is C14H19ClN2O2. The van der Waals surface area contributed by atoms with Crippen molar-refractivity contribution in [3.05, 3.63) is 23.2 Å². The van der Waals surface area contributed by atoms with Gasteiger partial charge in [0.2, 0.25) is 5.91 Å². The molecular weight excluding hydrogens is 264 g/mol. The number of carbonyl (C=O) groups is 1. The van der Waals surface area contributed by atoms with E-state index in [-0.39, 0.29) is 12.5 Å². The predicted octanol–water partition coefficient (Wildman–Crippen LogP) is 2.82. The fourth-order valence-corrected chi connectivity index (χ4v) is 2.57. The van der Waals surface area contributed by atoms with Crippen molar-refractivity contribution in [3.63, 3.8) is 0 Å². The van der Waals surface area contributed by atoms with E-state index in [1.807, 2.05) is 6.07 Å². The summed E-state index contributed by atoms with van der Waals surface area (Å²) in [6, 6.07) is 5.73. The molecule has 5 heteroatoms. The minimum atomic E-state index is 0.0267. The van der Waals surface area contributed by atoms with E-state index in [4.69, 9.17) is 16.3 Å². The predicted molar refractivity (Wildman–Crippen MR) is 76.9 cm³/mol. The maximum absolute atomic E-state index is 11.7. The lowest BCUT2D eigenvalue weighted by molar-refractivity contribution is -0.120. The number of ether oxygens (including phenoxy) is 1. The van der Waals surface area contributed by atoms with Gasteiger partial charge in [-0.05, 0) is 31.0 Å². The molecule has 2 N–H and O–H groups in total. The highest BCUT2D eigenvalue weighted by Crippen LogP contribution is 2.27. The number of hydrogen-bond donors (Lipinski definition) is 2. The smallest absolute Gasteiger partial charge is 0.239 e. The maximum Gasteiger partial charge on any atom is 0.239 e. The van der Waals surface area contributed by atoms with Gasteiger partial charge in [-0.15, -0.1) is 0 Å². The Morgan fingerprint density at radius 1 is 1.42 bits per heavy atom. The van der Waals surface area contributed by atoms with Crippen LogP contribution in [-0.2, 0) is 4.79 Å². The summed E-state index contributed by atoms with van der Waals surface area (Å²) in [5.74, 6) is 0.654. The third kappa shape index (κ3) is 4.03. The van der Waals surface area contributed by atoms with E-state index in [1.54, 1.807) is 19.2 Å². The number of halogens is 1. The molecule has 0 bridgehead atoms. The van der Waals surface area contributed by atoms with Crippen LogP contribution in [0.1, 0.15) is 25.7 Å². The van der Waals surface area contributed by atoms with Gasteiger partial charge in [0.05, 0.1) is 18.7 Å². The second-order valence-electron chi connectivity index (χ2n) is 4.75. The molecule has 1 aliphatic carbocycles. The first kappa shape index (κ1) is 14.0. The van der Waals surface area contributed by atoms with E-state index in [9.17, 15) is 4.79 Å². The summed E-state index contributed by atoms with van der Waals surface area (Å²) < 4.78 is 5.08. The fraction of sp³-hybridized carbons (Fsp3) is 0.500. The number of amides is 1. The molecule has 0 spiro atoms. The van der Waals surface area contributed by atoms with Crippen molar-refractivity contribution in [1.82, 2.24) is 5.32 Å². The lowest BCUT2D eigenvalue weighted by Gasteiger charge is -2.13. The number of nitrogens with one attached hydrogen (secondary N) is 2. The van der Waals surface area contributed by atoms with Crippen LogP contribution in [0.5, 0.6) is 5.75 Å². The van der Waals surface area contributed by atoms with Gasteiger partial charge in [-0.1, -0.05) is 24.4 Å². The Hall–Kier alpha value is -1.42. The zero-order chi connectivity index (χ0) is 13.7. The summed E-state index contributed by atoms with van der Waals surface area (Å²) in [6.07, 6.45) is 4.62. The van der Waals surface area contributed by atoms with Crippen molar-refractivity contribution in [2.24, 2.45) is 0 Å². The molecule has 0 unspecified atom stereocenters. The third-order valence-corrected chi connectivity index (χ3v) is 3.62. The molecule has 0 heterocycles. The van der Waals surface area contributed by atoms with Gasteiger partial charge >= 0.3 is 0 Å². The topological polar surface area (TPSA) is 50.4 Å². The Kier molecular flexibility index (Phi) is 4.91. The molecule has 0 radical (unpaired) electrons. The van der Waals surface area contributed by atoms with Gasteiger partial charge in [-0.2, -0.15) is 0 Å². The van der Waals surface area contributed by atoms with E-state index < -0.39 is 0 Å². The zero-order valence-electron chi connectivity index (χ0n) is 11.0. The first-order valence-electron chi connectivity index (χ1n) is 6.56. The Morgan fingerprint density at radius 3 is 2.79 bits per heavy atom. The molecule has 0 aromatic heterocycles. The van der Waals surface area contributed by atoms with E-state index >= 15 is 0 Å². The summed E-state index contributed by atoms with van der Waals surface area (Å²) in [7, 11) is 1.57. The third-order valence-electron chi connectivity index (χ3n) is 3.33. The number of carbonyl (C=O) groups excluding carboxylic acids is 1. The summed E-state index contributed by atoms with van der Waals surface area (Å²) in [6.45, 7) is 0.263. The van der Waals surface area contributed by atoms with Crippen molar-refractivity contribution in [2.75, 3.05) is 19.0 Å². The Labute approximate surface area is 118 Å². The molecule has 4 nitrogen and oxygen atoms in total. The molecule has 2 rings (SSSR count). The fourth-order valence-electron chi connectivity index (χ4n) is 2.31. The van der Waals surface area contributed by atoms with Crippen LogP contribution in [0.15, 0.2) is 18.2 Å². The Balaban J connectivity index is 1.81. The van der Waals surface area contributed by atoms with E-state index in [1.165, 1.54) is 12.8 Å². The van der Waals surface area contributed by atoms with Gasteiger partial charge in [0, 0.05) is 11.7 Å². The van der Waals surface area contributed by atoms with Crippen molar-refractivity contribution in [3.8, 4) is 5.75 Å². The molecule has 1 amide bonds. The minimum absolute atomic E-state index is 0.0267. The van der Waals surface area contributed by atoms with Crippen LogP contribution in [0, 0.1) is 0 Å². The minimum Gasteiger partial charge on any atom is -0.495 e. The van der Waals surface area contributed by atoms with Crippen LogP contribution in [0.2, 0.25) is 5.02 Å². The normalized spacial score (nSPS) is 15.3. The lowest BCUT2D eigenvalue weighted by Crippen LogP contribution is -2.36. The number of benzene rings is 1. The average Bonchev–Trinajstić information content (AvgIpc) is 2.89. The molecule has 1 saturated carbocycles. The molecule has 1 aliphatic rings. The van der Waals surface area contributed by atoms with Crippen LogP contribution in [0.25, 0.3) is 0 Å². The number of rotatable bonds is 5. The van der Waals surface area contributed by atoms with Gasteiger partial charge in [0.15, 0.2) is 0 Å².